The highest BCUT2D eigenvalue weighted by Gasteiger charge is 2.27. The van der Waals surface area contributed by atoms with Crippen molar-refractivity contribution < 1.29 is 18.8 Å². The molecule has 2 aliphatic rings. The molecule has 2 aliphatic heterocycles. The van der Waals surface area contributed by atoms with Crippen LogP contribution in [0.5, 0.6) is 11.5 Å². The maximum absolute atomic E-state index is 12.2. The van der Waals surface area contributed by atoms with Crippen LogP contribution in [0.1, 0.15) is 16.9 Å². The number of aryl methyl sites for hydroxylation is 1. The summed E-state index contributed by atoms with van der Waals surface area (Å²) in [6.07, 6.45) is 1.58. The molecule has 1 aromatic heterocycles. The zero-order chi connectivity index (χ0) is 15.1. The molecule has 0 unspecified atom stereocenters. The summed E-state index contributed by atoms with van der Waals surface area (Å²) in [5.41, 5.74) is 2.74. The predicted molar refractivity (Wildman–Crippen MR) is 78.7 cm³/mol. The Balaban J connectivity index is 1.61. The molecule has 0 bridgehead atoms. The number of benzene rings is 1. The highest BCUT2D eigenvalue weighted by molar-refractivity contribution is 6.01. The molecule has 0 saturated heterocycles. The van der Waals surface area contributed by atoms with Crippen LogP contribution in [-0.4, -0.2) is 24.4 Å². The van der Waals surface area contributed by atoms with Crippen molar-refractivity contribution in [1.82, 2.24) is 5.16 Å². The minimum atomic E-state index is -0.383. The second kappa shape index (κ2) is 4.94. The van der Waals surface area contributed by atoms with E-state index in [2.05, 4.69) is 15.8 Å². The number of ether oxygens (including phenoxy) is 2. The number of anilines is 2. The lowest BCUT2D eigenvalue weighted by atomic mass is 10.0. The molecule has 0 spiro atoms. The summed E-state index contributed by atoms with van der Waals surface area (Å²) < 4.78 is 16.2. The second-order valence-electron chi connectivity index (χ2n) is 5.32. The number of hydrogen-bond acceptors (Lipinski definition) is 5. The average molecular weight is 301 g/mol. The van der Waals surface area contributed by atoms with E-state index < -0.39 is 0 Å². The van der Waals surface area contributed by atoms with E-state index in [0.717, 1.165) is 35.5 Å². The topological polar surface area (TPSA) is 85.6 Å². The number of nitrogens with zero attached hydrogens (tertiary/aromatic N) is 1. The first kappa shape index (κ1) is 13.0. The van der Waals surface area contributed by atoms with Gasteiger partial charge in [-0.3, -0.25) is 5.32 Å². The molecule has 7 nitrogen and oxygen atoms in total. The molecular formula is C15H15N3O4. The Labute approximate surface area is 126 Å². The lowest BCUT2D eigenvalue weighted by Crippen LogP contribution is -2.20. The molecular weight excluding hydrogens is 286 g/mol. The van der Waals surface area contributed by atoms with E-state index >= 15 is 0 Å². The van der Waals surface area contributed by atoms with Gasteiger partial charge in [0.25, 0.3) is 0 Å². The number of carbonyl (C=O) groups excluding carboxylic acids is 1. The third-order valence-corrected chi connectivity index (χ3v) is 3.76. The van der Waals surface area contributed by atoms with Crippen LogP contribution in [0.2, 0.25) is 0 Å². The van der Waals surface area contributed by atoms with E-state index in [1.165, 1.54) is 0 Å². The van der Waals surface area contributed by atoms with Gasteiger partial charge in [0.2, 0.25) is 0 Å². The van der Waals surface area contributed by atoms with Gasteiger partial charge in [-0.2, -0.15) is 0 Å². The molecule has 3 heterocycles. The van der Waals surface area contributed by atoms with E-state index in [1.807, 2.05) is 6.07 Å². The van der Waals surface area contributed by atoms with Crippen LogP contribution in [0.4, 0.5) is 16.3 Å². The molecule has 0 fully saturated rings. The van der Waals surface area contributed by atoms with Gasteiger partial charge < -0.3 is 19.3 Å². The molecule has 1 aromatic carbocycles. The monoisotopic (exact) mass is 301 g/mol. The third kappa shape index (κ3) is 2.14. The number of urea groups is 1. The molecule has 4 rings (SSSR count). The van der Waals surface area contributed by atoms with Crippen molar-refractivity contribution in [2.45, 2.75) is 19.8 Å². The van der Waals surface area contributed by atoms with Gasteiger partial charge in [-0.1, -0.05) is 5.16 Å². The maximum atomic E-state index is 12.2. The fourth-order valence-electron chi connectivity index (χ4n) is 2.80. The first-order valence-electron chi connectivity index (χ1n) is 7.16. The standard InChI is InChI=1S/C15H15N3O4/c1-8-6-12(18-22-8)16-15(19)17-13-10-3-5-20-11(10)7-9-2-4-21-14(9)13/h6-7H,2-5H2,1H3,(H2,16,17,18,19). The molecule has 0 aliphatic carbocycles. The summed E-state index contributed by atoms with van der Waals surface area (Å²) >= 11 is 0. The first-order valence-corrected chi connectivity index (χ1v) is 7.16. The fraction of sp³-hybridized carbons (Fsp3) is 0.333. The Hall–Kier alpha value is -2.70. The summed E-state index contributed by atoms with van der Waals surface area (Å²) in [7, 11) is 0. The summed E-state index contributed by atoms with van der Waals surface area (Å²) in [6.45, 7) is 3.01. The summed E-state index contributed by atoms with van der Waals surface area (Å²) in [6, 6.07) is 3.28. The first-order chi connectivity index (χ1) is 10.7. The number of carbonyl (C=O) groups is 1. The quantitative estimate of drug-likeness (QED) is 0.890. The van der Waals surface area contributed by atoms with Gasteiger partial charge >= 0.3 is 6.03 Å². The van der Waals surface area contributed by atoms with Crippen LogP contribution in [0, 0.1) is 6.92 Å². The van der Waals surface area contributed by atoms with E-state index in [9.17, 15) is 4.79 Å². The van der Waals surface area contributed by atoms with Crippen LogP contribution in [-0.2, 0) is 12.8 Å². The van der Waals surface area contributed by atoms with Crippen molar-refractivity contribution in [2.24, 2.45) is 0 Å². The molecule has 2 N–H and O–H groups in total. The summed E-state index contributed by atoms with van der Waals surface area (Å²) in [5.74, 6) is 2.58. The van der Waals surface area contributed by atoms with Gasteiger partial charge in [-0.15, -0.1) is 0 Å². The number of amides is 2. The van der Waals surface area contributed by atoms with E-state index in [0.29, 0.717) is 30.5 Å². The number of nitrogens with one attached hydrogen (secondary N) is 2. The smallest absolute Gasteiger partial charge is 0.325 e. The number of rotatable bonds is 2. The molecule has 0 saturated carbocycles. The van der Waals surface area contributed by atoms with Crippen molar-refractivity contribution in [3.05, 3.63) is 29.0 Å². The van der Waals surface area contributed by atoms with Gasteiger partial charge in [-0.25, -0.2) is 4.79 Å². The number of hydrogen-bond donors (Lipinski definition) is 2. The molecule has 7 heteroatoms. The molecule has 2 aromatic rings. The highest BCUT2D eigenvalue weighted by atomic mass is 16.5. The minimum Gasteiger partial charge on any atom is -0.493 e. The van der Waals surface area contributed by atoms with Gasteiger partial charge in [-0.05, 0) is 13.0 Å². The SMILES string of the molecule is Cc1cc(NC(=O)Nc2c3c(cc4c2OCC4)OCC3)no1. The summed E-state index contributed by atoms with van der Waals surface area (Å²) in [5, 5.41) is 9.25. The average Bonchev–Trinajstić information content (AvgIpc) is 3.19. The largest absolute Gasteiger partial charge is 0.493 e. The van der Waals surface area contributed by atoms with Crippen molar-refractivity contribution >= 4 is 17.5 Å². The van der Waals surface area contributed by atoms with Gasteiger partial charge in [0.15, 0.2) is 5.82 Å². The summed E-state index contributed by atoms with van der Waals surface area (Å²) in [4.78, 5) is 12.2. The number of aromatic nitrogens is 1. The third-order valence-electron chi connectivity index (χ3n) is 3.76. The van der Waals surface area contributed by atoms with Crippen molar-refractivity contribution in [2.75, 3.05) is 23.8 Å². The molecule has 0 atom stereocenters. The van der Waals surface area contributed by atoms with Gasteiger partial charge in [0.1, 0.15) is 17.3 Å². The fourth-order valence-corrected chi connectivity index (χ4v) is 2.80. The van der Waals surface area contributed by atoms with Crippen LogP contribution >= 0.6 is 0 Å². The van der Waals surface area contributed by atoms with Gasteiger partial charge in [0.05, 0.1) is 18.9 Å². The van der Waals surface area contributed by atoms with Crippen LogP contribution in [0.3, 0.4) is 0 Å². The second-order valence-corrected chi connectivity index (χ2v) is 5.32. The molecule has 114 valence electrons. The van der Waals surface area contributed by atoms with Gasteiger partial charge in [0, 0.05) is 30.0 Å². The van der Waals surface area contributed by atoms with Crippen LogP contribution in [0.15, 0.2) is 16.7 Å². The van der Waals surface area contributed by atoms with Crippen molar-refractivity contribution in [3.8, 4) is 11.5 Å². The van der Waals surface area contributed by atoms with E-state index in [4.69, 9.17) is 14.0 Å². The Bertz CT molecular complexity index is 721. The molecule has 2 amide bonds. The van der Waals surface area contributed by atoms with E-state index in [-0.39, 0.29) is 6.03 Å². The predicted octanol–water partition coefficient (Wildman–Crippen LogP) is 2.50. The Kier molecular flexibility index (Phi) is 2.92. The van der Waals surface area contributed by atoms with Crippen molar-refractivity contribution in [1.29, 1.82) is 0 Å². The van der Waals surface area contributed by atoms with Crippen LogP contribution in [0.25, 0.3) is 0 Å². The van der Waals surface area contributed by atoms with Crippen LogP contribution < -0.4 is 20.1 Å². The Morgan fingerprint density at radius 2 is 2.05 bits per heavy atom. The highest BCUT2D eigenvalue weighted by Crippen LogP contribution is 2.44. The van der Waals surface area contributed by atoms with Crippen molar-refractivity contribution in [3.63, 3.8) is 0 Å². The minimum absolute atomic E-state index is 0.372. The normalized spacial score (nSPS) is 14.8. The van der Waals surface area contributed by atoms with E-state index in [1.54, 1.807) is 13.0 Å². The lowest BCUT2D eigenvalue weighted by Gasteiger charge is -2.13. The zero-order valence-corrected chi connectivity index (χ0v) is 12.1. The Morgan fingerprint density at radius 3 is 2.86 bits per heavy atom. The molecule has 0 radical (unpaired) electrons. The number of fused-ring (bicyclic) bond motifs is 2. The zero-order valence-electron chi connectivity index (χ0n) is 12.1. The Morgan fingerprint density at radius 1 is 1.18 bits per heavy atom. The lowest BCUT2D eigenvalue weighted by molar-refractivity contribution is 0.261. The maximum Gasteiger partial charge on any atom is 0.325 e. The molecule has 22 heavy (non-hydrogen) atoms.